The molecule has 0 saturated carbocycles. The van der Waals surface area contributed by atoms with E-state index in [1.807, 2.05) is 0 Å². The summed E-state index contributed by atoms with van der Waals surface area (Å²) in [6.07, 6.45) is 2.07. The number of benzene rings is 3. The third-order valence-electron chi connectivity index (χ3n) is 9.65. The second kappa shape index (κ2) is 7.07. The lowest BCUT2D eigenvalue weighted by molar-refractivity contribution is 0.358. The lowest BCUT2D eigenvalue weighted by atomic mass is 9.41. The van der Waals surface area contributed by atoms with Gasteiger partial charge in [-0.25, -0.2) is 0 Å². The highest BCUT2D eigenvalue weighted by atomic mass is 14.9. The molecular formula is C33H32B2N2. The van der Waals surface area contributed by atoms with E-state index in [4.69, 9.17) is 4.98 Å². The van der Waals surface area contributed by atoms with Crippen LogP contribution >= 0.6 is 0 Å². The Hall–Kier alpha value is -3.52. The standard InChI is InChI=1S/C33H32B2N2/c1-31(2,3)33(34,35)20-14-15-26(36-18-20)19-13-16-27-24(17-19)21-10-8-11-23-28-30(37(27)29(21)23)22-9-6-7-12-25(22)32(28,4)5/h6-18H,34-35H2,1-5H3. The van der Waals surface area contributed by atoms with E-state index in [9.17, 15) is 0 Å². The first-order chi connectivity index (χ1) is 17.5. The van der Waals surface area contributed by atoms with Crippen LogP contribution in [-0.2, 0) is 10.6 Å². The van der Waals surface area contributed by atoms with Crippen LogP contribution in [0.1, 0.15) is 51.3 Å². The van der Waals surface area contributed by atoms with Crippen molar-refractivity contribution < 1.29 is 0 Å². The Balaban J connectivity index is 1.44. The van der Waals surface area contributed by atoms with E-state index in [0.717, 1.165) is 5.69 Å². The molecule has 180 valence electrons. The number of nitrogens with zero attached hydrogens (tertiary/aromatic N) is 2. The van der Waals surface area contributed by atoms with Gasteiger partial charge in [0.2, 0.25) is 0 Å². The molecule has 0 N–H and O–H groups in total. The summed E-state index contributed by atoms with van der Waals surface area (Å²) < 4.78 is 2.52. The molecule has 3 aromatic heterocycles. The van der Waals surface area contributed by atoms with E-state index in [0.29, 0.717) is 0 Å². The summed E-state index contributed by atoms with van der Waals surface area (Å²) in [6, 6.07) is 27.1. The van der Waals surface area contributed by atoms with Gasteiger partial charge in [-0.3, -0.25) is 4.98 Å². The Labute approximate surface area is 220 Å². The van der Waals surface area contributed by atoms with Gasteiger partial charge in [0, 0.05) is 38.9 Å². The number of hydrogen-bond acceptors (Lipinski definition) is 1. The molecule has 0 atom stereocenters. The molecule has 0 radical (unpaired) electrons. The van der Waals surface area contributed by atoms with Crippen molar-refractivity contribution in [2.75, 3.05) is 0 Å². The highest BCUT2D eigenvalue weighted by Crippen LogP contribution is 2.54. The van der Waals surface area contributed by atoms with Crippen LogP contribution in [-0.4, -0.2) is 25.1 Å². The minimum Gasteiger partial charge on any atom is -0.308 e. The van der Waals surface area contributed by atoms with Crippen molar-refractivity contribution in [3.63, 3.8) is 0 Å². The van der Waals surface area contributed by atoms with Gasteiger partial charge in [-0.1, -0.05) is 94.4 Å². The highest BCUT2D eigenvalue weighted by Gasteiger charge is 2.40. The molecule has 3 heterocycles. The topological polar surface area (TPSA) is 17.3 Å². The Morgan fingerprint density at radius 3 is 2.30 bits per heavy atom. The number of pyridine rings is 1. The van der Waals surface area contributed by atoms with Crippen molar-refractivity contribution >= 4 is 42.9 Å². The number of rotatable bonds is 2. The largest absolute Gasteiger partial charge is 0.308 e. The predicted octanol–water partition coefficient (Wildman–Crippen LogP) is 6.52. The fourth-order valence-corrected chi connectivity index (χ4v) is 6.53. The predicted molar refractivity (Wildman–Crippen MR) is 163 cm³/mol. The molecule has 0 fully saturated rings. The lowest BCUT2D eigenvalue weighted by Crippen LogP contribution is -2.41. The molecule has 6 aromatic rings. The average Bonchev–Trinajstić information content (AvgIpc) is 3.47. The van der Waals surface area contributed by atoms with Crippen LogP contribution in [0.25, 0.3) is 49.7 Å². The van der Waals surface area contributed by atoms with Gasteiger partial charge in [-0.05, 0) is 40.3 Å². The van der Waals surface area contributed by atoms with Gasteiger partial charge >= 0.3 is 0 Å². The first-order valence-corrected chi connectivity index (χ1v) is 13.4. The van der Waals surface area contributed by atoms with E-state index in [2.05, 4.69) is 134 Å². The van der Waals surface area contributed by atoms with Crippen molar-refractivity contribution in [2.24, 2.45) is 5.41 Å². The fraction of sp³-hybridized carbons (Fsp3) is 0.242. The van der Waals surface area contributed by atoms with Crippen molar-refractivity contribution in [1.29, 1.82) is 0 Å². The summed E-state index contributed by atoms with van der Waals surface area (Å²) in [5.41, 5.74) is 11.8. The quantitative estimate of drug-likeness (QED) is 0.259. The van der Waals surface area contributed by atoms with E-state index in [-0.39, 0.29) is 16.0 Å². The summed E-state index contributed by atoms with van der Waals surface area (Å²) in [5.74, 6) is 0. The Morgan fingerprint density at radius 1 is 0.811 bits per heavy atom. The van der Waals surface area contributed by atoms with Crippen molar-refractivity contribution in [3.8, 4) is 22.5 Å². The summed E-state index contributed by atoms with van der Waals surface area (Å²) in [6.45, 7) is 11.6. The Morgan fingerprint density at radius 2 is 1.57 bits per heavy atom. The molecule has 0 aliphatic heterocycles. The molecule has 2 nitrogen and oxygen atoms in total. The average molecular weight is 478 g/mol. The number of aromatic nitrogens is 2. The second-order valence-electron chi connectivity index (χ2n) is 13.0. The monoisotopic (exact) mass is 478 g/mol. The third-order valence-corrected chi connectivity index (χ3v) is 9.65. The third kappa shape index (κ3) is 2.82. The molecule has 0 spiro atoms. The smallest absolute Gasteiger partial charge is 0.105 e. The molecule has 0 unspecified atom stereocenters. The van der Waals surface area contributed by atoms with Gasteiger partial charge in [0.25, 0.3) is 0 Å². The molecule has 7 rings (SSSR count). The number of fused-ring (bicyclic) bond motifs is 8. The molecule has 0 saturated heterocycles. The highest BCUT2D eigenvalue weighted by molar-refractivity contribution is 6.40. The molecule has 37 heavy (non-hydrogen) atoms. The zero-order valence-electron chi connectivity index (χ0n) is 22.9. The van der Waals surface area contributed by atoms with Gasteiger partial charge < -0.3 is 4.40 Å². The lowest BCUT2D eigenvalue weighted by Gasteiger charge is -2.39. The van der Waals surface area contributed by atoms with Crippen molar-refractivity contribution in [2.45, 2.75) is 45.2 Å². The van der Waals surface area contributed by atoms with Gasteiger partial charge in [0.1, 0.15) is 15.7 Å². The SMILES string of the molecule is BC(B)(c1ccc(-c2ccc3c(c2)c2cccc4c5c(n3c42)-c2ccccc2C5(C)C)nc1)C(C)(C)C. The maximum Gasteiger partial charge on any atom is 0.105 e. The van der Waals surface area contributed by atoms with Crippen LogP contribution in [0.4, 0.5) is 0 Å². The Bertz CT molecular complexity index is 1850. The van der Waals surface area contributed by atoms with Crippen molar-refractivity contribution in [1.82, 2.24) is 9.38 Å². The molecule has 3 aromatic carbocycles. The maximum absolute atomic E-state index is 4.94. The Kier molecular flexibility index (Phi) is 4.33. The second-order valence-corrected chi connectivity index (χ2v) is 13.0. The van der Waals surface area contributed by atoms with Gasteiger partial charge in [-0.15, -0.1) is 0 Å². The first-order valence-electron chi connectivity index (χ1n) is 13.4. The summed E-state index contributed by atoms with van der Waals surface area (Å²) in [4.78, 5) is 4.94. The molecule has 1 aliphatic rings. The van der Waals surface area contributed by atoms with E-state index >= 15 is 0 Å². The van der Waals surface area contributed by atoms with Crippen LogP contribution in [0.3, 0.4) is 0 Å². The zero-order valence-corrected chi connectivity index (χ0v) is 22.9. The summed E-state index contributed by atoms with van der Waals surface area (Å²) >= 11 is 0. The van der Waals surface area contributed by atoms with Gasteiger partial charge in [-0.2, -0.15) is 0 Å². The zero-order chi connectivity index (χ0) is 25.9. The first kappa shape index (κ1) is 22.7. The number of para-hydroxylation sites is 1. The normalized spacial score (nSPS) is 15.1. The van der Waals surface area contributed by atoms with Crippen LogP contribution in [0, 0.1) is 5.41 Å². The van der Waals surface area contributed by atoms with E-state index in [1.54, 1.807) is 0 Å². The minimum atomic E-state index is -0.0159. The molecular weight excluding hydrogens is 446 g/mol. The van der Waals surface area contributed by atoms with E-state index < -0.39 is 0 Å². The molecule has 4 heteroatoms. The van der Waals surface area contributed by atoms with Crippen LogP contribution in [0.5, 0.6) is 0 Å². The summed E-state index contributed by atoms with van der Waals surface area (Å²) in [5, 5.41) is 4.03. The van der Waals surface area contributed by atoms with Gasteiger partial charge in [0.15, 0.2) is 0 Å². The molecule has 0 amide bonds. The van der Waals surface area contributed by atoms with Crippen molar-refractivity contribution in [3.05, 3.63) is 95.7 Å². The minimum absolute atomic E-state index is 0.0159. The number of hydrogen-bond donors (Lipinski definition) is 0. The molecule has 1 aliphatic carbocycles. The van der Waals surface area contributed by atoms with Crippen LogP contribution in [0.15, 0.2) is 79.0 Å². The maximum atomic E-state index is 4.94. The van der Waals surface area contributed by atoms with E-state index in [1.165, 1.54) is 60.7 Å². The summed E-state index contributed by atoms with van der Waals surface area (Å²) in [7, 11) is 4.62. The molecule has 0 bridgehead atoms. The fourth-order valence-electron chi connectivity index (χ4n) is 6.53. The van der Waals surface area contributed by atoms with Crippen LogP contribution < -0.4 is 0 Å². The van der Waals surface area contributed by atoms with Crippen LogP contribution in [0.2, 0.25) is 0 Å². The van der Waals surface area contributed by atoms with Gasteiger partial charge in [0.05, 0.1) is 22.4 Å².